The normalized spacial score (nSPS) is 22.9. The van der Waals surface area contributed by atoms with E-state index in [1.165, 1.54) is 6.20 Å². The molecule has 1 saturated carbocycles. The molecule has 20 heavy (non-hydrogen) atoms. The van der Waals surface area contributed by atoms with E-state index in [9.17, 15) is 8.42 Å². The van der Waals surface area contributed by atoms with Crippen molar-refractivity contribution in [2.24, 2.45) is 0 Å². The smallest absolute Gasteiger partial charge is 0.242 e. The number of rotatable bonds is 4. The molecule has 0 atom stereocenters. The predicted molar refractivity (Wildman–Crippen MR) is 76.9 cm³/mol. The molecule has 1 aliphatic rings. The van der Waals surface area contributed by atoms with Crippen LogP contribution in [0.1, 0.15) is 12.8 Å². The first-order valence-electron chi connectivity index (χ1n) is 6.41. The molecule has 0 radical (unpaired) electrons. The summed E-state index contributed by atoms with van der Waals surface area (Å²) in [4.78, 5) is 3.19. The quantitative estimate of drug-likeness (QED) is 0.738. The fraction of sp³-hybridized carbons (Fsp3) is 0.385. The van der Waals surface area contributed by atoms with Crippen LogP contribution in [-0.4, -0.2) is 32.7 Å². The number of aromatic amines is 1. The van der Waals surface area contributed by atoms with Crippen LogP contribution in [0.2, 0.25) is 0 Å². The number of fused-ring (bicyclic) bond motifs is 1. The van der Waals surface area contributed by atoms with Gasteiger partial charge in [0.05, 0.1) is 6.10 Å². The Hall–Kier alpha value is -1.57. The van der Waals surface area contributed by atoms with Gasteiger partial charge < -0.3 is 15.5 Å². The first kappa shape index (κ1) is 13.4. The lowest BCUT2D eigenvalue weighted by atomic mass is 9.90. The van der Waals surface area contributed by atoms with Crippen molar-refractivity contribution in [1.29, 1.82) is 0 Å². The number of hydrogen-bond acceptors (Lipinski definition) is 4. The van der Waals surface area contributed by atoms with Crippen molar-refractivity contribution < 1.29 is 13.2 Å². The van der Waals surface area contributed by atoms with Crippen LogP contribution in [0.25, 0.3) is 10.9 Å². The Balaban J connectivity index is 1.88. The number of nitrogen functional groups attached to an aromatic ring is 1. The molecule has 0 unspecified atom stereocenters. The van der Waals surface area contributed by atoms with Crippen LogP contribution in [0, 0.1) is 0 Å². The molecular formula is C13H17N3O3S. The Morgan fingerprint density at radius 2 is 2.15 bits per heavy atom. The van der Waals surface area contributed by atoms with E-state index in [1.807, 2.05) is 0 Å². The number of aromatic nitrogens is 1. The molecule has 108 valence electrons. The minimum Gasteiger partial charge on any atom is -0.399 e. The fourth-order valence-corrected chi connectivity index (χ4v) is 3.90. The maximum absolute atomic E-state index is 12.4. The number of methoxy groups -OCH3 is 1. The summed E-state index contributed by atoms with van der Waals surface area (Å²) in [6, 6.07) is 5.11. The molecule has 0 bridgehead atoms. The van der Waals surface area contributed by atoms with Gasteiger partial charge in [0, 0.05) is 35.9 Å². The zero-order valence-electron chi connectivity index (χ0n) is 11.1. The highest BCUT2D eigenvalue weighted by molar-refractivity contribution is 7.89. The molecule has 7 heteroatoms. The van der Waals surface area contributed by atoms with Gasteiger partial charge in [-0.1, -0.05) is 0 Å². The van der Waals surface area contributed by atoms with Gasteiger partial charge in [-0.25, -0.2) is 13.1 Å². The first-order valence-corrected chi connectivity index (χ1v) is 7.89. The number of sulfonamides is 1. The van der Waals surface area contributed by atoms with E-state index in [0.29, 0.717) is 23.9 Å². The van der Waals surface area contributed by atoms with Gasteiger partial charge in [-0.05, 0) is 31.0 Å². The molecule has 0 spiro atoms. The summed E-state index contributed by atoms with van der Waals surface area (Å²) in [5, 5.41) is 0.611. The number of ether oxygens (including phenoxy) is 1. The molecule has 1 aliphatic carbocycles. The summed E-state index contributed by atoms with van der Waals surface area (Å²) in [6.07, 6.45) is 3.07. The highest BCUT2D eigenvalue weighted by Gasteiger charge is 2.33. The third-order valence-corrected chi connectivity index (χ3v) is 5.27. The van der Waals surface area contributed by atoms with E-state index in [-0.39, 0.29) is 17.0 Å². The Labute approximate surface area is 117 Å². The molecule has 0 aliphatic heterocycles. The Kier molecular flexibility index (Phi) is 3.19. The Morgan fingerprint density at radius 1 is 1.40 bits per heavy atom. The topological polar surface area (TPSA) is 97.2 Å². The van der Waals surface area contributed by atoms with Gasteiger partial charge in [-0.2, -0.15) is 0 Å². The van der Waals surface area contributed by atoms with Crippen molar-refractivity contribution in [3.63, 3.8) is 0 Å². The van der Waals surface area contributed by atoms with Crippen LogP contribution in [0.15, 0.2) is 29.3 Å². The summed E-state index contributed by atoms with van der Waals surface area (Å²) in [7, 11) is -1.91. The molecule has 1 heterocycles. The summed E-state index contributed by atoms with van der Waals surface area (Å²) in [5.41, 5.74) is 7.02. The highest BCUT2D eigenvalue weighted by atomic mass is 32.2. The summed E-state index contributed by atoms with van der Waals surface area (Å²) in [6.45, 7) is 0. The van der Waals surface area contributed by atoms with E-state index in [1.54, 1.807) is 25.3 Å². The van der Waals surface area contributed by atoms with Gasteiger partial charge >= 0.3 is 0 Å². The number of hydrogen-bond donors (Lipinski definition) is 3. The lowest BCUT2D eigenvalue weighted by Gasteiger charge is -2.34. The van der Waals surface area contributed by atoms with Crippen molar-refractivity contribution in [3.8, 4) is 0 Å². The van der Waals surface area contributed by atoms with Crippen molar-refractivity contribution >= 4 is 26.6 Å². The number of nitrogens with two attached hydrogens (primary N) is 1. The molecule has 6 nitrogen and oxygen atoms in total. The van der Waals surface area contributed by atoms with Gasteiger partial charge in [0.1, 0.15) is 4.90 Å². The lowest BCUT2D eigenvalue weighted by molar-refractivity contribution is 0.0236. The second-order valence-electron chi connectivity index (χ2n) is 5.11. The van der Waals surface area contributed by atoms with Crippen LogP contribution < -0.4 is 10.5 Å². The van der Waals surface area contributed by atoms with Crippen molar-refractivity contribution in [2.45, 2.75) is 29.9 Å². The highest BCUT2D eigenvalue weighted by Crippen LogP contribution is 2.28. The molecule has 3 rings (SSSR count). The van der Waals surface area contributed by atoms with E-state index in [0.717, 1.165) is 5.52 Å². The molecule has 1 fully saturated rings. The van der Waals surface area contributed by atoms with E-state index >= 15 is 0 Å². The van der Waals surface area contributed by atoms with E-state index < -0.39 is 10.0 Å². The van der Waals surface area contributed by atoms with Gasteiger partial charge in [-0.15, -0.1) is 0 Å². The standard InChI is InChI=1S/C13H17N3O3S/c1-19-10-5-9(6-10)16-20(17,18)13-7-15-12-3-2-8(14)4-11(12)13/h2-4,7,9-10,15-16H,5-6,14H2,1H3. The van der Waals surface area contributed by atoms with Gasteiger partial charge in [0.15, 0.2) is 0 Å². The van der Waals surface area contributed by atoms with Crippen molar-refractivity contribution in [2.75, 3.05) is 12.8 Å². The molecule has 1 aromatic carbocycles. The van der Waals surface area contributed by atoms with Gasteiger partial charge in [0.2, 0.25) is 10.0 Å². The predicted octanol–water partition coefficient (Wildman–Crippen LogP) is 1.21. The Morgan fingerprint density at radius 3 is 2.85 bits per heavy atom. The summed E-state index contributed by atoms with van der Waals surface area (Å²) < 4.78 is 32.7. The summed E-state index contributed by atoms with van der Waals surface area (Å²) in [5.74, 6) is 0. The van der Waals surface area contributed by atoms with Crippen LogP contribution in [-0.2, 0) is 14.8 Å². The molecule has 0 saturated heterocycles. The third kappa shape index (κ3) is 2.28. The van der Waals surface area contributed by atoms with Crippen LogP contribution >= 0.6 is 0 Å². The minimum absolute atomic E-state index is 0.0593. The second kappa shape index (κ2) is 4.76. The van der Waals surface area contributed by atoms with Crippen LogP contribution in [0.4, 0.5) is 5.69 Å². The van der Waals surface area contributed by atoms with Crippen LogP contribution in [0.5, 0.6) is 0 Å². The third-order valence-electron chi connectivity index (χ3n) is 3.71. The van der Waals surface area contributed by atoms with Crippen LogP contribution in [0.3, 0.4) is 0 Å². The molecular weight excluding hydrogens is 278 g/mol. The molecule has 4 N–H and O–H groups in total. The lowest BCUT2D eigenvalue weighted by Crippen LogP contribution is -2.47. The average molecular weight is 295 g/mol. The van der Waals surface area contributed by atoms with Crippen molar-refractivity contribution in [1.82, 2.24) is 9.71 Å². The first-order chi connectivity index (χ1) is 9.49. The largest absolute Gasteiger partial charge is 0.399 e. The Bertz CT molecular complexity index is 732. The summed E-state index contributed by atoms with van der Waals surface area (Å²) >= 11 is 0. The molecule has 1 aromatic heterocycles. The van der Waals surface area contributed by atoms with Crippen molar-refractivity contribution in [3.05, 3.63) is 24.4 Å². The number of H-pyrrole nitrogens is 1. The number of benzene rings is 1. The zero-order valence-corrected chi connectivity index (χ0v) is 11.9. The molecule has 0 amide bonds. The van der Waals surface area contributed by atoms with E-state index in [2.05, 4.69) is 9.71 Å². The monoisotopic (exact) mass is 295 g/mol. The second-order valence-corrected chi connectivity index (χ2v) is 6.79. The van der Waals surface area contributed by atoms with Gasteiger partial charge in [-0.3, -0.25) is 0 Å². The number of nitrogens with one attached hydrogen (secondary N) is 2. The molecule has 2 aromatic rings. The fourth-order valence-electron chi connectivity index (χ4n) is 2.47. The zero-order chi connectivity index (χ0) is 14.3. The maximum Gasteiger partial charge on any atom is 0.242 e. The number of anilines is 1. The maximum atomic E-state index is 12.4. The van der Waals surface area contributed by atoms with Gasteiger partial charge in [0.25, 0.3) is 0 Å². The SMILES string of the molecule is COC1CC(NS(=O)(=O)c2c[nH]c3ccc(N)cc23)C1. The average Bonchev–Trinajstić information content (AvgIpc) is 2.76. The van der Waals surface area contributed by atoms with E-state index in [4.69, 9.17) is 10.5 Å². The minimum atomic E-state index is -3.54.